The van der Waals surface area contributed by atoms with Crippen molar-refractivity contribution in [2.24, 2.45) is 0 Å². The fourth-order valence-electron chi connectivity index (χ4n) is 0.941. The molecular weight excluding hydrogens is 168 g/mol. The smallest absolute Gasteiger partial charge is 0.176 e. The molecular formula is C8H6N4O. The SMILES string of the molecule is CC(=O)Cn1cnc(C#N)c1C#N. The van der Waals surface area contributed by atoms with Gasteiger partial charge in [0.2, 0.25) is 0 Å². The molecule has 0 radical (unpaired) electrons. The van der Waals surface area contributed by atoms with E-state index in [0.717, 1.165) is 0 Å². The summed E-state index contributed by atoms with van der Waals surface area (Å²) in [6.07, 6.45) is 1.32. The average Bonchev–Trinajstić information content (AvgIpc) is 2.45. The highest BCUT2D eigenvalue weighted by atomic mass is 16.1. The van der Waals surface area contributed by atoms with E-state index in [2.05, 4.69) is 4.98 Å². The maximum atomic E-state index is 10.7. The number of hydrogen-bond donors (Lipinski definition) is 0. The topological polar surface area (TPSA) is 82.5 Å². The van der Waals surface area contributed by atoms with E-state index in [4.69, 9.17) is 10.5 Å². The summed E-state index contributed by atoms with van der Waals surface area (Å²) in [4.78, 5) is 14.4. The summed E-state index contributed by atoms with van der Waals surface area (Å²) in [5.74, 6) is -0.0848. The fraction of sp³-hybridized carbons (Fsp3) is 0.250. The number of aromatic nitrogens is 2. The molecule has 0 spiro atoms. The Kier molecular flexibility index (Phi) is 2.41. The minimum Gasteiger partial charge on any atom is -0.314 e. The van der Waals surface area contributed by atoms with Crippen molar-refractivity contribution in [2.75, 3.05) is 0 Å². The van der Waals surface area contributed by atoms with Crippen molar-refractivity contribution < 1.29 is 4.79 Å². The van der Waals surface area contributed by atoms with Gasteiger partial charge in [-0.05, 0) is 6.92 Å². The molecule has 0 saturated carbocycles. The third kappa shape index (κ3) is 1.71. The van der Waals surface area contributed by atoms with Gasteiger partial charge in [-0.3, -0.25) is 4.79 Å². The Morgan fingerprint density at radius 2 is 2.31 bits per heavy atom. The Balaban J connectivity index is 3.12. The minimum atomic E-state index is -0.0848. The van der Waals surface area contributed by atoms with Crippen LogP contribution >= 0.6 is 0 Å². The van der Waals surface area contributed by atoms with E-state index in [1.54, 1.807) is 6.07 Å². The van der Waals surface area contributed by atoms with Crippen molar-refractivity contribution in [1.82, 2.24) is 9.55 Å². The van der Waals surface area contributed by atoms with Crippen molar-refractivity contribution in [3.63, 3.8) is 0 Å². The third-order valence-corrected chi connectivity index (χ3v) is 1.44. The molecule has 1 aromatic rings. The molecule has 0 saturated heterocycles. The van der Waals surface area contributed by atoms with Crippen molar-refractivity contribution in [3.05, 3.63) is 17.7 Å². The van der Waals surface area contributed by atoms with Gasteiger partial charge in [0.25, 0.3) is 0 Å². The number of hydrogen-bond acceptors (Lipinski definition) is 4. The van der Waals surface area contributed by atoms with Gasteiger partial charge in [0.05, 0.1) is 12.9 Å². The maximum Gasteiger partial charge on any atom is 0.176 e. The quantitative estimate of drug-likeness (QED) is 0.641. The van der Waals surface area contributed by atoms with E-state index >= 15 is 0 Å². The molecule has 0 bridgehead atoms. The number of ketones is 1. The van der Waals surface area contributed by atoms with Crippen molar-refractivity contribution >= 4 is 5.78 Å². The molecule has 0 amide bonds. The van der Waals surface area contributed by atoms with Crippen LogP contribution in [0.25, 0.3) is 0 Å². The van der Waals surface area contributed by atoms with E-state index in [0.29, 0.717) is 0 Å². The highest BCUT2D eigenvalue weighted by molar-refractivity contribution is 5.75. The lowest BCUT2D eigenvalue weighted by Crippen LogP contribution is -2.07. The van der Waals surface area contributed by atoms with Gasteiger partial charge in [-0.1, -0.05) is 0 Å². The molecule has 64 valence electrons. The average molecular weight is 174 g/mol. The summed E-state index contributed by atoms with van der Waals surface area (Å²) in [6, 6.07) is 3.60. The summed E-state index contributed by atoms with van der Waals surface area (Å²) in [5.41, 5.74) is 0.196. The predicted molar refractivity (Wildman–Crippen MR) is 42.3 cm³/mol. The molecule has 0 aromatic carbocycles. The van der Waals surface area contributed by atoms with Crippen LogP contribution in [0.3, 0.4) is 0 Å². The van der Waals surface area contributed by atoms with Crippen LogP contribution in [-0.4, -0.2) is 15.3 Å². The number of carbonyl (C=O) groups excluding carboxylic acids is 1. The van der Waals surface area contributed by atoms with Gasteiger partial charge in [0.1, 0.15) is 17.9 Å². The molecule has 0 unspecified atom stereocenters. The molecule has 1 heterocycles. The molecule has 0 aliphatic rings. The molecule has 1 rings (SSSR count). The van der Waals surface area contributed by atoms with Gasteiger partial charge in [-0.15, -0.1) is 0 Å². The highest BCUT2D eigenvalue weighted by Crippen LogP contribution is 2.04. The number of imidazole rings is 1. The minimum absolute atomic E-state index is 0.0590. The van der Waals surface area contributed by atoms with Crippen LogP contribution in [0.2, 0.25) is 0 Å². The number of nitriles is 2. The van der Waals surface area contributed by atoms with Crippen LogP contribution in [0.1, 0.15) is 18.3 Å². The summed E-state index contributed by atoms with van der Waals surface area (Å²) in [7, 11) is 0. The van der Waals surface area contributed by atoms with Crippen LogP contribution in [0.5, 0.6) is 0 Å². The second-order valence-corrected chi connectivity index (χ2v) is 2.50. The molecule has 0 N–H and O–H groups in total. The predicted octanol–water partition coefficient (Wildman–Crippen LogP) is 0.215. The first-order chi connectivity index (χ1) is 6.19. The summed E-state index contributed by atoms with van der Waals surface area (Å²) in [5, 5.41) is 17.2. The molecule has 0 aliphatic heterocycles. The van der Waals surface area contributed by atoms with Crippen LogP contribution in [0.4, 0.5) is 0 Å². The zero-order valence-electron chi connectivity index (χ0n) is 6.98. The standard InChI is InChI=1S/C8H6N4O/c1-6(13)4-12-5-11-7(2-9)8(12)3-10/h5H,4H2,1H3. The van der Waals surface area contributed by atoms with Crippen LogP contribution in [0.15, 0.2) is 6.33 Å². The molecule has 1 aromatic heterocycles. The zero-order valence-corrected chi connectivity index (χ0v) is 6.98. The number of nitrogens with zero attached hydrogens (tertiary/aromatic N) is 4. The number of Topliss-reactive ketones (excluding diaryl/α,β-unsaturated/α-hetero) is 1. The largest absolute Gasteiger partial charge is 0.314 e. The number of rotatable bonds is 2. The second-order valence-electron chi connectivity index (χ2n) is 2.50. The first-order valence-electron chi connectivity index (χ1n) is 3.53. The summed E-state index contributed by atoms with van der Waals surface area (Å²) >= 11 is 0. The fourth-order valence-corrected chi connectivity index (χ4v) is 0.941. The zero-order chi connectivity index (χ0) is 9.84. The third-order valence-electron chi connectivity index (χ3n) is 1.44. The lowest BCUT2D eigenvalue weighted by atomic mass is 10.3. The van der Waals surface area contributed by atoms with E-state index in [1.807, 2.05) is 6.07 Å². The van der Waals surface area contributed by atoms with Gasteiger partial charge in [0, 0.05) is 0 Å². The van der Waals surface area contributed by atoms with E-state index in [1.165, 1.54) is 17.8 Å². The Morgan fingerprint density at radius 3 is 2.77 bits per heavy atom. The lowest BCUT2D eigenvalue weighted by molar-refractivity contribution is -0.117. The van der Waals surface area contributed by atoms with Crippen LogP contribution < -0.4 is 0 Å². The second kappa shape index (κ2) is 3.51. The lowest BCUT2D eigenvalue weighted by Gasteiger charge is -1.97. The molecule has 0 atom stereocenters. The van der Waals surface area contributed by atoms with E-state index in [-0.39, 0.29) is 23.7 Å². The Labute approximate surface area is 74.8 Å². The van der Waals surface area contributed by atoms with Crippen molar-refractivity contribution in [2.45, 2.75) is 13.5 Å². The van der Waals surface area contributed by atoms with E-state index < -0.39 is 0 Å². The number of carbonyl (C=O) groups is 1. The Hall–Kier alpha value is -2.14. The normalized spacial score (nSPS) is 8.85. The monoisotopic (exact) mass is 174 g/mol. The summed E-state index contributed by atoms with van der Waals surface area (Å²) < 4.78 is 1.36. The molecule has 5 nitrogen and oxygen atoms in total. The van der Waals surface area contributed by atoms with Crippen LogP contribution in [0, 0.1) is 22.7 Å². The summed E-state index contributed by atoms with van der Waals surface area (Å²) in [6.45, 7) is 1.49. The van der Waals surface area contributed by atoms with Crippen molar-refractivity contribution in [1.29, 1.82) is 10.5 Å². The molecule has 5 heteroatoms. The Morgan fingerprint density at radius 1 is 1.62 bits per heavy atom. The van der Waals surface area contributed by atoms with Gasteiger partial charge in [-0.2, -0.15) is 10.5 Å². The first kappa shape index (κ1) is 8.95. The van der Waals surface area contributed by atoms with Gasteiger partial charge >= 0.3 is 0 Å². The first-order valence-corrected chi connectivity index (χ1v) is 3.53. The molecule has 0 aliphatic carbocycles. The maximum absolute atomic E-state index is 10.7. The Bertz CT molecular complexity index is 418. The van der Waals surface area contributed by atoms with Crippen LogP contribution in [-0.2, 0) is 11.3 Å². The van der Waals surface area contributed by atoms with Gasteiger partial charge < -0.3 is 4.57 Å². The molecule has 13 heavy (non-hydrogen) atoms. The van der Waals surface area contributed by atoms with Gasteiger partial charge in [0.15, 0.2) is 11.4 Å². The van der Waals surface area contributed by atoms with E-state index in [9.17, 15) is 4.79 Å². The van der Waals surface area contributed by atoms with Gasteiger partial charge in [-0.25, -0.2) is 4.98 Å². The highest BCUT2D eigenvalue weighted by Gasteiger charge is 2.10. The van der Waals surface area contributed by atoms with Crippen molar-refractivity contribution in [3.8, 4) is 12.1 Å². The molecule has 0 fully saturated rings.